The van der Waals surface area contributed by atoms with E-state index in [9.17, 15) is 29.4 Å². The second-order valence-electron chi connectivity index (χ2n) is 6.08. The number of nitrogens with one attached hydrogen (secondary N) is 1. The summed E-state index contributed by atoms with van der Waals surface area (Å²) in [6.07, 6.45) is -0.157. The van der Waals surface area contributed by atoms with Crippen LogP contribution in [0.15, 0.2) is 42.5 Å². The molecule has 3 rings (SSSR count). The minimum atomic E-state index is -1.37. The van der Waals surface area contributed by atoms with Crippen molar-refractivity contribution in [3.63, 3.8) is 0 Å². The number of carboxylic acid groups (broad SMARTS) is 2. The van der Waals surface area contributed by atoms with Gasteiger partial charge in [0.2, 0.25) is 5.91 Å². The molecule has 1 atom stereocenters. The number of ether oxygens (including phenoxy) is 1. The van der Waals surface area contributed by atoms with Crippen molar-refractivity contribution in [3.8, 4) is 5.75 Å². The molecule has 3 N–H and O–H groups in total. The summed E-state index contributed by atoms with van der Waals surface area (Å²) >= 11 is 0. The van der Waals surface area contributed by atoms with Crippen LogP contribution in [-0.2, 0) is 9.59 Å². The Bertz CT molecular complexity index is 954. The molecule has 2 aromatic rings. The first-order chi connectivity index (χ1) is 13.3. The minimum absolute atomic E-state index is 0.0951. The van der Waals surface area contributed by atoms with Crippen molar-refractivity contribution >= 4 is 35.1 Å². The van der Waals surface area contributed by atoms with Gasteiger partial charge in [-0.2, -0.15) is 0 Å². The summed E-state index contributed by atoms with van der Waals surface area (Å²) in [4.78, 5) is 48.5. The lowest BCUT2D eigenvalue weighted by Gasteiger charge is -2.17. The highest BCUT2D eigenvalue weighted by molar-refractivity contribution is 6.23. The van der Waals surface area contributed by atoms with Crippen LogP contribution in [0.1, 0.15) is 27.1 Å². The standard InChI is InChI=1S/C19H16N2O7/c1-28-14-4-2-3-12(8-14)20-15-9-16(22)21(17(15)23)13-6-10(18(24)25)5-11(7-13)19(26)27/h2-8,15,20H,9H2,1H3,(H,24,25)(H,26,27). The summed E-state index contributed by atoms with van der Waals surface area (Å²) in [5.74, 6) is -3.33. The monoisotopic (exact) mass is 384 g/mol. The number of methoxy groups -OCH3 is 1. The maximum atomic E-state index is 12.8. The molecule has 9 heteroatoms. The van der Waals surface area contributed by atoms with Crippen LogP contribution in [0, 0.1) is 0 Å². The molecule has 1 fully saturated rings. The number of carbonyl (C=O) groups is 4. The summed E-state index contributed by atoms with van der Waals surface area (Å²) < 4.78 is 5.12. The third-order valence-electron chi connectivity index (χ3n) is 4.23. The van der Waals surface area contributed by atoms with Gasteiger partial charge in [0.15, 0.2) is 0 Å². The van der Waals surface area contributed by atoms with Crippen molar-refractivity contribution in [3.05, 3.63) is 53.6 Å². The number of benzene rings is 2. The minimum Gasteiger partial charge on any atom is -0.497 e. The van der Waals surface area contributed by atoms with Gasteiger partial charge in [-0.25, -0.2) is 14.5 Å². The molecule has 0 aliphatic carbocycles. The second kappa shape index (κ2) is 7.39. The van der Waals surface area contributed by atoms with Crippen LogP contribution in [0.3, 0.4) is 0 Å². The van der Waals surface area contributed by atoms with Crippen molar-refractivity contribution in [1.82, 2.24) is 0 Å². The van der Waals surface area contributed by atoms with E-state index in [1.54, 1.807) is 24.3 Å². The van der Waals surface area contributed by atoms with Gasteiger partial charge < -0.3 is 20.3 Å². The van der Waals surface area contributed by atoms with E-state index >= 15 is 0 Å². The number of hydrogen-bond acceptors (Lipinski definition) is 6. The fraction of sp³-hybridized carbons (Fsp3) is 0.158. The van der Waals surface area contributed by atoms with Crippen LogP contribution in [0.5, 0.6) is 5.75 Å². The molecule has 1 unspecified atom stereocenters. The fourth-order valence-electron chi connectivity index (χ4n) is 2.92. The van der Waals surface area contributed by atoms with Crippen molar-refractivity contribution in [2.24, 2.45) is 0 Å². The van der Waals surface area contributed by atoms with E-state index < -0.39 is 29.8 Å². The molecule has 144 valence electrons. The summed E-state index contributed by atoms with van der Waals surface area (Å²) in [7, 11) is 1.50. The number of hydrogen-bond donors (Lipinski definition) is 3. The van der Waals surface area contributed by atoms with Gasteiger partial charge in [-0.05, 0) is 30.3 Å². The van der Waals surface area contributed by atoms with Crippen LogP contribution in [0.4, 0.5) is 11.4 Å². The van der Waals surface area contributed by atoms with E-state index in [2.05, 4.69) is 5.32 Å². The molecule has 2 aromatic carbocycles. The molecule has 1 aliphatic rings. The number of anilines is 2. The molecular weight excluding hydrogens is 368 g/mol. The molecule has 1 saturated heterocycles. The fourth-order valence-corrected chi connectivity index (χ4v) is 2.92. The highest BCUT2D eigenvalue weighted by Gasteiger charge is 2.40. The second-order valence-corrected chi connectivity index (χ2v) is 6.08. The molecule has 1 heterocycles. The zero-order valence-electron chi connectivity index (χ0n) is 14.7. The summed E-state index contributed by atoms with van der Waals surface area (Å²) in [5, 5.41) is 21.3. The molecule has 1 aliphatic heterocycles. The van der Waals surface area contributed by atoms with Gasteiger partial charge in [-0.15, -0.1) is 0 Å². The molecule has 0 radical (unpaired) electrons. The average molecular weight is 384 g/mol. The Morgan fingerprint density at radius 2 is 1.71 bits per heavy atom. The van der Waals surface area contributed by atoms with Crippen molar-refractivity contribution in [1.29, 1.82) is 0 Å². The molecule has 0 saturated carbocycles. The Balaban J connectivity index is 1.91. The highest BCUT2D eigenvalue weighted by Crippen LogP contribution is 2.28. The summed E-state index contributed by atoms with van der Waals surface area (Å²) in [6, 6.07) is 9.09. The van der Waals surface area contributed by atoms with E-state index in [1.807, 2.05) is 0 Å². The van der Waals surface area contributed by atoms with Gasteiger partial charge in [0.05, 0.1) is 30.3 Å². The number of imide groups is 1. The first-order valence-corrected chi connectivity index (χ1v) is 8.19. The first-order valence-electron chi connectivity index (χ1n) is 8.19. The zero-order chi connectivity index (χ0) is 20.4. The predicted octanol–water partition coefficient (Wildman–Crippen LogP) is 1.84. The molecule has 0 spiro atoms. The first kappa shape index (κ1) is 18.9. The van der Waals surface area contributed by atoms with Gasteiger partial charge in [0, 0.05) is 11.8 Å². The third-order valence-corrected chi connectivity index (χ3v) is 4.23. The maximum Gasteiger partial charge on any atom is 0.335 e. The lowest BCUT2D eigenvalue weighted by molar-refractivity contribution is -0.121. The Kier molecular flexibility index (Phi) is 4.99. The highest BCUT2D eigenvalue weighted by atomic mass is 16.5. The number of nitrogens with zero attached hydrogens (tertiary/aromatic N) is 1. The van der Waals surface area contributed by atoms with Crippen LogP contribution < -0.4 is 15.0 Å². The Labute approximate surface area is 159 Å². The van der Waals surface area contributed by atoms with Crippen molar-refractivity contribution in [2.45, 2.75) is 12.5 Å². The summed E-state index contributed by atoms with van der Waals surface area (Å²) in [5.41, 5.74) is -0.195. The SMILES string of the molecule is COc1cccc(NC2CC(=O)N(c3cc(C(=O)O)cc(C(=O)O)c3)C2=O)c1. The molecule has 0 bridgehead atoms. The lowest BCUT2D eigenvalue weighted by atomic mass is 10.1. The smallest absolute Gasteiger partial charge is 0.335 e. The van der Waals surface area contributed by atoms with E-state index in [0.29, 0.717) is 11.4 Å². The topological polar surface area (TPSA) is 133 Å². The van der Waals surface area contributed by atoms with E-state index in [1.165, 1.54) is 7.11 Å². The lowest BCUT2D eigenvalue weighted by Crippen LogP contribution is -2.35. The van der Waals surface area contributed by atoms with Crippen LogP contribution >= 0.6 is 0 Å². The molecule has 9 nitrogen and oxygen atoms in total. The van der Waals surface area contributed by atoms with Gasteiger partial charge >= 0.3 is 11.9 Å². The number of amides is 2. The van der Waals surface area contributed by atoms with Gasteiger partial charge in [-0.1, -0.05) is 6.07 Å². The van der Waals surface area contributed by atoms with Gasteiger partial charge in [-0.3, -0.25) is 9.59 Å². The van der Waals surface area contributed by atoms with E-state index in [-0.39, 0.29) is 23.2 Å². The van der Waals surface area contributed by atoms with E-state index in [4.69, 9.17) is 4.74 Å². The quantitative estimate of drug-likeness (QED) is 0.643. The molecule has 28 heavy (non-hydrogen) atoms. The number of aromatic carboxylic acids is 2. The normalized spacial score (nSPS) is 16.2. The number of carbonyl (C=O) groups excluding carboxylic acids is 2. The number of carboxylic acids is 2. The average Bonchev–Trinajstić information content (AvgIpc) is 2.94. The summed E-state index contributed by atoms with van der Waals surface area (Å²) in [6.45, 7) is 0. The zero-order valence-corrected chi connectivity index (χ0v) is 14.7. The molecule has 2 amide bonds. The molecule has 0 aromatic heterocycles. The maximum absolute atomic E-state index is 12.8. The predicted molar refractivity (Wildman–Crippen MR) is 97.9 cm³/mol. The van der Waals surface area contributed by atoms with Crippen molar-refractivity contribution < 1.29 is 34.1 Å². The Morgan fingerprint density at radius 1 is 1.07 bits per heavy atom. The van der Waals surface area contributed by atoms with Gasteiger partial charge in [0.25, 0.3) is 5.91 Å². The number of rotatable bonds is 6. The largest absolute Gasteiger partial charge is 0.497 e. The van der Waals surface area contributed by atoms with Gasteiger partial charge in [0.1, 0.15) is 11.8 Å². The Hall–Kier alpha value is -3.88. The van der Waals surface area contributed by atoms with Crippen LogP contribution in [-0.4, -0.2) is 47.1 Å². The molecular formula is C19H16N2O7. The van der Waals surface area contributed by atoms with E-state index in [0.717, 1.165) is 23.1 Å². The third kappa shape index (κ3) is 3.63. The van der Waals surface area contributed by atoms with Crippen LogP contribution in [0.25, 0.3) is 0 Å². The van der Waals surface area contributed by atoms with Crippen molar-refractivity contribution in [2.75, 3.05) is 17.3 Å². The Morgan fingerprint density at radius 3 is 2.29 bits per heavy atom. The van der Waals surface area contributed by atoms with Crippen LogP contribution in [0.2, 0.25) is 0 Å².